The monoisotopic (exact) mass is 458 g/mol. The van der Waals surface area contributed by atoms with Crippen LogP contribution in [-0.2, 0) is 14.3 Å². The molecule has 0 aromatic heterocycles. The fraction of sp³-hybridized carbons (Fsp3) is 0.304. The molecule has 172 valence electrons. The first-order chi connectivity index (χ1) is 15.8. The van der Waals surface area contributed by atoms with E-state index in [0.717, 1.165) is 35.9 Å². The molecule has 0 radical (unpaired) electrons. The molecule has 2 heterocycles. The van der Waals surface area contributed by atoms with Crippen molar-refractivity contribution in [2.24, 2.45) is 0 Å². The summed E-state index contributed by atoms with van der Waals surface area (Å²) in [4.78, 5) is 51.2. The van der Waals surface area contributed by atoms with E-state index in [1.54, 1.807) is 0 Å². The van der Waals surface area contributed by atoms with Crippen LogP contribution in [0.25, 0.3) is 0 Å². The summed E-state index contributed by atoms with van der Waals surface area (Å²) in [7, 11) is 0. The predicted molar refractivity (Wildman–Crippen MR) is 111 cm³/mol. The standard InChI is InChI=1S/C23H20F2N2O6/c1-12(20(28)26-19-17(24)5-2-6-18(19)25)33-23(31)13-7-8-15-16(10-13)22(30)27(21(15)29)11-14-4-3-9-32-14/h2,5-8,10,12,14H,3-4,9,11H2,1H3,(H,26,28). The summed E-state index contributed by atoms with van der Waals surface area (Å²) in [6, 6.07) is 6.98. The second-order valence-electron chi connectivity index (χ2n) is 7.75. The van der Waals surface area contributed by atoms with Crippen LogP contribution in [0.2, 0.25) is 0 Å². The molecule has 0 bridgehead atoms. The number of anilines is 1. The Bertz CT molecular complexity index is 1130. The predicted octanol–water partition coefficient (Wildman–Crippen LogP) is 2.92. The van der Waals surface area contributed by atoms with E-state index >= 15 is 0 Å². The highest BCUT2D eigenvalue weighted by molar-refractivity contribution is 6.22. The molecule has 1 N–H and O–H groups in total. The van der Waals surface area contributed by atoms with E-state index in [2.05, 4.69) is 0 Å². The summed E-state index contributed by atoms with van der Waals surface area (Å²) >= 11 is 0. The molecule has 0 aliphatic carbocycles. The number of amides is 3. The zero-order chi connectivity index (χ0) is 23.7. The van der Waals surface area contributed by atoms with Crippen molar-refractivity contribution >= 4 is 29.4 Å². The van der Waals surface area contributed by atoms with Crippen LogP contribution in [0.4, 0.5) is 14.5 Å². The lowest BCUT2D eigenvalue weighted by Gasteiger charge is -2.17. The Morgan fingerprint density at radius 2 is 1.85 bits per heavy atom. The molecular formula is C23H20F2N2O6. The van der Waals surface area contributed by atoms with Crippen LogP contribution in [0.15, 0.2) is 36.4 Å². The van der Waals surface area contributed by atoms with Crippen LogP contribution >= 0.6 is 0 Å². The smallest absolute Gasteiger partial charge is 0.338 e. The molecule has 1 saturated heterocycles. The van der Waals surface area contributed by atoms with Gasteiger partial charge in [0.1, 0.15) is 17.3 Å². The summed E-state index contributed by atoms with van der Waals surface area (Å²) < 4.78 is 38.0. The molecule has 4 rings (SSSR count). The summed E-state index contributed by atoms with van der Waals surface area (Å²) in [6.45, 7) is 1.95. The Morgan fingerprint density at radius 1 is 1.15 bits per heavy atom. The van der Waals surface area contributed by atoms with Crippen molar-refractivity contribution in [1.82, 2.24) is 4.90 Å². The maximum Gasteiger partial charge on any atom is 0.338 e. The van der Waals surface area contributed by atoms with E-state index in [9.17, 15) is 28.0 Å². The molecule has 2 unspecified atom stereocenters. The first-order valence-corrected chi connectivity index (χ1v) is 10.3. The second-order valence-corrected chi connectivity index (χ2v) is 7.75. The van der Waals surface area contributed by atoms with Crippen molar-refractivity contribution < 1.29 is 37.4 Å². The third-order valence-electron chi connectivity index (χ3n) is 5.48. The van der Waals surface area contributed by atoms with Gasteiger partial charge in [0.05, 0.1) is 29.3 Å². The highest BCUT2D eigenvalue weighted by Gasteiger charge is 2.38. The number of para-hydroxylation sites is 1. The van der Waals surface area contributed by atoms with Crippen molar-refractivity contribution in [3.63, 3.8) is 0 Å². The molecular weight excluding hydrogens is 438 g/mol. The molecule has 0 saturated carbocycles. The second kappa shape index (κ2) is 9.07. The topological polar surface area (TPSA) is 102 Å². The van der Waals surface area contributed by atoms with Gasteiger partial charge in [-0.1, -0.05) is 6.07 Å². The van der Waals surface area contributed by atoms with Crippen LogP contribution < -0.4 is 5.32 Å². The molecule has 0 spiro atoms. The zero-order valence-corrected chi connectivity index (χ0v) is 17.6. The van der Waals surface area contributed by atoms with Gasteiger partial charge in [0.15, 0.2) is 6.10 Å². The number of imide groups is 1. The van der Waals surface area contributed by atoms with Crippen molar-refractivity contribution in [3.05, 3.63) is 64.7 Å². The molecule has 33 heavy (non-hydrogen) atoms. The molecule has 2 aliphatic heterocycles. The number of benzene rings is 2. The lowest BCUT2D eigenvalue weighted by molar-refractivity contribution is -0.123. The number of carbonyl (C=O) groups is 4. The largest absolute Gasteiger partial charge is 0.449 e. The summed E-state index contributed by atoms with van der Waals surface area (Å²) in [5.74, 6) is -4.84. The molecule has 10 heteroatoms. The molecule has 2 atom stereocenters. The van der Waals surface area contributed by atoms with Gasteiger partial charge in [-0.25, -0.2) is 13.6 Å². The van der Waals surface area contributed by atoms with Gasteiger partial charge in [-0.3, -0.25) is 19.3 Å². The number of nitrogens with one attached hydrogen (secondary N) is 1. The van der Waals surface area contributed by atoms with E-state index in [0.29, 0.717) is 6.61 Å². The third-order valence-corrected chi connectivity index (χ3v) is 5.48. The van der Waals surface area contributed by atoms with Gasteiger partial charge in [0, 0.05) is 6.61 Å². The van der Waals surface area contributed by atoms with E-state index in [1.165, 1.54) is 25.1 Å². The van der Waals surface area contributed by atoms with Crippen molar-refractivity contribution in [1.29, 1.82) is 0 Å². The number of nitrogens with zero attached hydrogens (tertiary/aromatic N) is 1. The fourth-order valence-electron chi connectivity index (χ4n) is 3.70. The van der Waals surface area contributed by atoms with Crippen molar-refractivity contribution in [2.75, 3.05) is 18.5 Å². The van der Waals surface area contributed by atoms with Crippen LogP contribution in [-0.4, -0.2) is 54.0 Å². The van der Waals surface area contributed by atoms with Crippen molar-refractivity contribution in [3.8, 4) is 0 Å². The number of rotatable bonds is 6. The maximum absolute atomic E-state index is 13.7. The minimum absolute atomic E-state index is 0.0504. The van der Waals surface area contributed by atoms with Crippen LogP contribution in [0, 0.1) is 11.6 Å². The molecule has 2 aromatic carbocycles. The van der Waals surface area contributed by atoms with Crippen LogP contribution in [0.5, 0.6) is 0 Å². The normalized spacial score (nSPS) is 18.3. The fourth-order valence-corrected chi connectivity index (χ4v) is 3.70. The summed E-state index contributed by atoms with van der Waals surface area (Å²) in [5, 5.41) is 2.05. The quantitative estimate of drug-likeness (QED) is 0.528. The average molecular weight is 458 g/mol. The summed E-state index contributed by atoms with van der Waals surface area (Å²) in [6.07, 6.45) is 0.00863. The SMILES string of the molecule is CC(OC(=O)c1ccc2c(c1)C(=O)N(CC1CCCO1)C2=O)C(=O)Nc1c(F)cccc1F. The Hall–Kier alpha value is -3.66. The molecule has 3 amide bonds. The Morgan fingerprint density at radius 3 is 2.52 bits per heavy atom. The van der Waals surface area contributed by atoms with E-state index in [1.807, 2.05) is 5.32 Å². The molecule has 2 aromatic rings. The van der Waals surface area contributed by atoms with E-state index < -0.39 is 47.1 Å². The first-order valence-electron chi connectivity index (χ1n) is 10.3. The number of ether oxygens (including phenoxy) is 2. The lowest BCUT2D eigenvalue weighted by atomic mass is 10.1. The van der Waals surface area contributed by atoms with Crippen molar-refractivity contribution in [2.45, 2.75) is 32.0 Å². The minimum Gasteiger partial charge on any atom is -0.449 e. The van der Waals surface area contributed by atoms with Gasteiger partial charge in [-0.15, -0.1) is 0 Å². The lowest BCUT2D eigenvalue weighted by Crippen LogP contribution is -2.36. The Labute approximate surface area is 187 Å². The van der Waals surface area contributed by atoms with E-state index in [-0.39, 0.29) is 29.3 Å². The Balaban J connectivity index is 1.43. The maximum atomic E-state index is 13.7. The van der Waals surface area contributed by atoms with Gasteiger partial charge in [0.2, 0.25) is 0 Å². The number of hydrogen-bond donors (Lipinski definition) is 1. The highest BCUT2D eigenvalue weighted by atomic mass is 19.1. The highest BCUT2D eigenvalue weighted by Crippen LogP contribution is 2.26. The number of carbonyl (C=O) groups excluding carboxylic acids is 4. The number of fused-ring (bicyclic) bond motifs is 1. The minimum atomic E-state index is -1.39. The number of halogens is 2. The van der Waals surface area contributed by atoms with Crippen LogP contribution in [0.1, 0.15) is 50.8 Å². The average Bonchev–Trinajstić information content (AvgIpc) is 3.39. The summed E-state index contributed by atoms with van der Waals surface area (Å²) in [5.41, 5.74) is -0.489. The van der Waals surface area contributed by atoms with Gasteiger partial charge >= 0.3 is 5.97 Å². The molecule has 8 nitrogen and oxygen atoms in total. The third kappa shape index (κ3) is 4.47. The first kappa shape index (κ1) is 22.5. The van der Waals surface area contributed by atoms with Crippen LogP contribution in [0.3, 0.4) is 0 Å². The number of hydrogen-bond acceptors (Lipinski definition) is 6. The number of esters is 1. The van der Waals surface area contributed by atoms with Gasteiger partial charge in [-0.05, 0) is 50.1 Å². The Kier molecular flexibility index (Phi) is 6.19. The molecule has 2 aliphatic rings. The van der Waals surface area contributed by atoms with E-state index in [4.69, 9.17) is 9.47 Å². The molecule has 1 fully saturated rings. The zero-order valence-electron chi connectivity index (χ0n) is 17.6. The van der Waals surface area contributed by atoms with Gasteiger partial charge in [0.25, 0.3) is 17.7 Å². The van der Waals surface area contributed by atoms with Gasteiger partial charge in [-0.2, -0.15) is 0 Å². The van der Waals surface area contributed by atoms with Gasteiger partial charge < -0.3 is 14.8 Å².